The van der Waals surface area contributed by atoms with E-state index in [2.05, 4.69) is 81.7 Å². The van der Waals surface area contributed by atoms with Gasteiger partial charge < -0.3 is 9.74 Å². The maximum atomic E-state index is 5.73. The number of hydrogen-bond acceptors (Lipinski definition) is 4. The average Bonchev–Trinajstić information content (AvgIpc) is 2.81. The quantitative estimate of drug-likeness (QED) is 0.468. The highest BCUT2D eigenvalue weighted by molar-refractivity contribution is 6.03. The molecule has 1 aliphatic heterocycles. The summed E-state index contributed by atoms with van der Waals surface area (Å²) >= 11 is 0. The Morgan fingerprint density at radius 3 is 2.30 bits per heavy atom. The third-order valence-electron chi connectivity index (χ3n) is 6.00. The molecule has 2 aromatic rings. The molecule has 30 heavy (non-hydrogen) atoms. The largest absolute Gasteiger partial charge is 0.396 e. The Morgan fingerprint density at radius 1 is 0.833 bits per heavy atom. The summed E-state index contributed by atoms with van der Waals surface area (Å²) in [5.41, 5.74) is 5.06. The lowest BCUT2D eigenvalue weighted by atomic mass is 9.91. The summed E-state index contributed by atoms with van der Waals surface area (Å²) < 4.78 is 0. The van der Waals surface area contributed by atoms with Gasteiger partial charge in [-0.3, -0.25) is 4.90 Å². The lowest BCUT2D eigenvalue weighted by Crippen LogP contribution is -2.46. The van der Waals surface area contributed by atoms with Gasteiger partial charge in [0.15, 0.2) is 0 Å². The third-order valence-corrected chi connectivity index (χ3v) is 6.00. The van der Waals surface area contributed by atoms with Crippen LogP contribution >= 0.6 is 0 Å². The Kier molecular flexibility index (Phi) is 7.57. The minimum Gasteiger partial charge on any atom is -0.396 e. The van der Waals surface area contributed by atoms with Gasteiger partial charge in [-0.2, -0.15) is 0 Å². The van der Waals surface area contributed by atoms with E-state index in [4.69, 9.17) is 4.84 Å². The standard InChI is InChI=1S/C26H33N3O/c1-3-10-23(11-4-1)22-24-12-7-8-15-26(24)27-30-21-9-16-28-17-19-29(20-18-28)25-13-5-2-6-14-25/h1-6,10-11,13-14,22H,7-9,12,15-21H2/b24-22+,27-26+. The summed E-state index contributed by atoms with van der Waals surface area (Å²) in [5.74, 6) is 0. The normalized spacial score (nSPS) is 20.6. The van der Waals surface area contributed by atoms with E-state index in [-0.39, 0.29) is 0 Å². The van der Waals surface area contributed by atoms with E-state index >= 15 is 0 Å². The van der Waals surface area contributed by atoms with Crippen molar-refractivity contribution in [3.05, 3.63) is 71.8 Å². The first-order chi connectivity index (χ1) is 14.9. The van der Waals surface area contributed by atoms with Crippen molar-refractivity contribution >= 4 is 17.5 Å². The Morgan fingerprint density at radius 2 is 1.53 bits per heavy atom. The van der Waals surface area contributed by atoms with Crippen molar-refractivity contribution in [2.75, 3.05) is 44.2 Å². The average molecular weight is 404 g/mol. The number of rotatable bonds is 7. The van der Waals surface area contributed by atoms with Crippen LogP contribution in [0.2, 0.25) is 0 Å². The van der Waals surface area contributed by atoms with Gasteiger partial charge in [0.05, 0.1) is 5.71 Å². The second-order valence-corrected chi connectivity index (χ2v) is 8.18. The fourth-order valence-corrected chi connectivity index (χ4v) is 4.27. The lowest BCUT2D eigenvalue weighted by Gasteiger charge is -2.36. The van der Waals surface area contributed by atoms with Crippen LogP contribution in [0.1, 0.15) is 37.7 Å². The van der Waals surface area contributed by atoms with Gasteiger partial charge in [-0.15, -0.1) is 0 Å². The van der Waals surface area contributed by atoms with Crippen molar-refractivity contribution in [1.29, 1.82) is 0 Å². The van der Waals surface area contributed by atoms with Crippen LogP contribution in [0, 0.1) is 0 Å². The molecule has 0 unspecified atom stereocenters. The molecule has 4 heteroatoms. The van der Waals surface area contributed by atoms with Gasteiger partial charge in [0.25, 0.3) is 0 Å². The first kappa shape index (κ1) is 20.7. The molecule has 2 aromatic carbocycles. The van der Waals surface area contributed by atoms with Crippen LogP contribution in [0.25, 0.3) is 6.08 Å². The first-order valence-corrected chi connectivity index (χ1v) is 11.4. The summed E-state index contributed by atoms with van der Waals surface area (Å²) in [6, 6.07) is 21.3. The zero-order valence-corrected chi connectivity index (χ0v) is 17.9. The zero-order chi connectivity index (χ0) is 20.4. The van der Waals surface area contributed by atoms with Crippen LogP contribution < -0.4 is 4.90 Å². The minimum atomic E-state index is 0.695. The van der Waals surface area contributed by atoms with Crippen molar-refractivity contribution in [2.24, 2.45) is 5.16 Å². The molecule has 0 bridgehead atoms. The van der Waals surface area contributed by atoms with Gasteiger partial charge in [0.2, 0.25) is 0 Å². The number of hydrogen-bond donors (Lipinski definition) is 0. The smallest absolute Gasteiger partial charge is 0.118 e. The van der Waals surface area contributed by atoms with Gasteiger partial charge in [0.1, 0.15) is 6.61 Å². The molecule has 0 atom stereocenters. The SMILES string of the molecule is C(=C1/CCCC/C1=N\OCCCN1CCN(c2ccccc2)CC1)/c1ccccc1. The van der Waals surface area contributed by atoms with E-state index in [1.807, 2.05) is 0 Å². The Balaban J connectivity index is 1.19. The molecule has 1 aliphatic carbocycles. The molecule has 4 rings (SSSR count). The molecule has 0 radical (unpaired) electrons. The summed E-state index contributed by atoms with van der Waals surface area (Å²) in [4.78, 5) is 10.7. The molecule has 158 valence electrons. The maximum Gasteiger partial charge on any atom is 0.118 e. The van der Waals surface area contributed by atoms with Crippen LogP contribution in [-0.2, 0) is 4.84 Å². The van der Waals surface area contributed by atoms with Gasteiger partial charge in [0, 0.05) is 38.4 Å². The molecule has 1 saturated carbocycles. The molecule has 0 amide bonds. The molecule has 4 nitrogen and oxygen atoms in total. The molecular weight excluding hydrogens is 370 g/mol. The highest BCUT2D eigenvalue weighted by Crippen LogP contribution is 2.23. The number of oxime groups is 1. The van der Waals surface area contributed by atoms with Crippen LogP contribution in [0.4, 0.5) is 5.69 Å². The van der Waals surface area contributed by atoms with Crippen molar-refractivity contribution in [3.63, 3.8) is 0 Å². The van der Waals surface area contributed by atoms with Crippen LogP contribution in [0.15, 0.2) is 71.4 Å². The van der Waals surface area contributed by atoms with Gasteiger partial charge >= 0.3 is 0 Å². The van der Waals surface area contributed by atoms with E-state index in [1.54, 1.807) is 0 Å². The Hall–Kier alpha value is -2.59. The molecular formula is C26H33N3O. The van der Waals surface area contributed by atoms with E-state index < -0.39 is 0 Å². The monoisotopic (exact) mass is 403 g/mol. The van der Waals surface area contributed by atoms with Crippen molar-refractivity contribution < 1.29 is 4.84 Å². The molecule has 2 fully saturated rings. The van der Waals surface area contributed by atoms with E-state index in [0.717, 1.165) is 57.7 Å². The molecule has 2 aliphatic rings. The molecule has 0 aromatic heterocycles. The van der Waals surface area contributed by atoms with Crippen LogP contribution in [-0.4, -0.2) is 49.9 Å². The summed E-state index contributed by atoms with van der Waals surface area (Å²) in [5, 5.41) is 4.52. The Labute approximate surface area is 180 Å². The van der Waals surface area contributed by atoms with Crippen molar-refractivity contribution in [2.45, 2.75) is 32.1 Å². The van der Waals surface area contributed by atoms with E-state index in [0.29, 0.717) is 6.61 Å². The fraction of sp³-hybridized carbons (Fsp3) is 0.423. The number of para-hydroxylation sites is 1. The van der Waals surface area contributed by atoms with Crippen molar-refractivity contribution in [3.8, 4) is 0 Å². The van der Waals surface area contributed by atoms with E-state index in [9.17, 15) is 0 Å². The van der Waals surface area contributed by atoms with Crippen molar-refractivity contribution in [1.82, 2.24) is 4.90 Å². The van der Waals surface area contributed by atoms with Gasteiger partial charge in [-0.1, -0.05) is 53.7 Å². The summed E-state index contributed by atoms with van der Waals surface area (Å²) in [7, 11) is 0. The van der Waals surface area contributed by atoms with Crippen LogP contribution in [0.5, 0.6) is 0 Å². The number of anilines is 1. The number of nitrogens with zero attached hydrogens (tertiary/aromatic N) is 3. The second-order valence-electron chi connectivity index (χ2n) is 8.18. The highest BCUT2D eigenvalue weighted by Gasteiger charge is 2.17. The number of allylic oxidation sites excluding steroid dienone is 1. The third kappa shape index (κ3) is 5.96. The molecule has 0 N–H and O–H groups in total. The van der Waals surface area contributed by atoms with Gasteiger partial charge in [-0.05, 0) is 61.4 Å². The van der Waals surface area contributed by atoms with E-state index in [1.165, 1.54) is 29.7 Å². The molecule has 1 heterocycles. The summed E-state index contributed by atoms with van der Waals surface area (Å²) in [6.45, 7) is 6.21. The number of benzene rings is 2. The number of piperazine rings is 1. The van der Waals surface area contributed by atoms with Gasteiger partial charge in [-0.25, -0.2) is 0 Å². The maximum absolute atomic E-state index is 5.73. The highest BCUT2D eigenvalue weighted by atomic mass is 16.6. The topological polar surface area (TPSA) is 28.1 Å². The fourth-order valence-electron chi connectivity index (χ4n) is 4.27. The first-order valence-electron chi connectivity index (χ1n) is 11.4. The molecule has 0 spiro atoms. The Bertz CT molecular complexity index is 824. The van der Waals surface area contributed by atoms with Crippen LogP contribution in [0.3, 0.4) is 0 Å². The minimum absolute atomic E-state index is 0.695. The predicted molar refractivity (Wildman–Crippen MR) is 126 cm³/mol. The lowest BCUT2D eigenvalue weighted by molar-refractivity contribution is 0.126. The predicted octanol–water partition coefficient (Wildman–Crippen LogP) is 5.23. The second kappa shape index (κ2) is 11.0. The molecule has 1 saturated heterocycles. The zero-order valence-electron chi connectivity index (χ0n) is 17.9. The summed E-state index contributed by atoms with van der Waals surface area (Å²) in [6.07, 6.45) is 7.88.